The van der Waals surface area contributed by atoms with Crippen LogP contribution in [0.4, 0.5) is 15.8 Å². The van der Waals surface area contributed by atoms with E-state index in [9.17, 15) is 14.5 Å². The van der Waals surface area contributed by atoms with E-state index >= 15 is 0 Å². The molecule has 0 amide bonds. The lowest BCUT2D eigenvalue weighted by Gasteiger charge is -2.13. The maximum atomic E-state index is 13.6. The van der Waals surface area contributed by atoms with Crippen LogP contribution < -0.4 is 5.32 Å². The van der Waals surface area contributed by atoms with Crippen LogP contribution in [0.2, 0.25) is 0 Å². The van der Waals surface area contributed by atoms with E-state index in [1.807, 2.05) is 0 Å². The Hall–Kier alpha value is -1.69. The standard InChI is InChI=1S/C12H16FN3O2/c1-15-5-4-9(8-15)7-14-12-3-2-10(16(17)18)6-11(12)13/h2-3,6,9,14H,4-5,7-8H2,1H3. The SMILES string of the molecule is CN1CCC(CNc2ccc([N+](=O)[O-])cc2F)C1. The minimum atomic E-state index is -0.598. The van der Waals surface area contributed by atoms with Crippen molar-refractivity contribution in [1.82, 2.24) is 4.90 Å². The second kappa shape index (κ2) is 5.30. The van der Waals surface area contributed by atoms with Crippen molar-refractivity contribution < 1.29 is 9.31 Å². The number of nitro benzene ring substituents is 1. The fraction of sp³-hybridized carbons (Fsp3) is 0.500. The Bertz CT molecular complexity index is 453. The van der Waals surface area contributed by atoms with Crippen molar-refractivity contribution in [3.8, 4) is 0 Å². The van der Waals surface area contributed by atoms with Gasteiger partial charge in [-0.05, 0) is 32.0 Å². The van der Waals surface area contributed by atoms with Crippen molar-refractivity contribution in [3.05, 3.63) is 34.1 Å². The molecular formula is C12H16FN3O2. The predicted molar refractivity (Wildman–Crippen MR) is 67.1 cm³/mol. The van der Waals surface area contributed by atoms with Crippen LogP contribution in [0.15, 0.2) is 18.2 Å². The first kappa shape index (κ1) is 12.8. The van der Waals surface area contributed by atoms with E-state index in [4.69, 9.17) is 0 Å². The first-order chi connectivity index (χ1) is 8.56. The number of likely N-dealkylation sites (tertiary alicyclic amines) is 1. The van der Waals surface area contributed by atoms with Crippen LogP contribution in [0.1, 0.15) is 6.42 Å². The number of hydrogen-bond donors (Lipinski definition) is 1. The Morgan fingerprint density at radius 1 is 1.61 bits per heavy atom. The van der Waals surface area contributed by atoms with E-state index in [0.717, 1.165) is 25.6 Å². The second-order valence-corrected chi connectivity index (χ2v) is 4.72. The van der Waals surface area contributed by atoms with E-state index in [-0.39, 0.29) is 5.69 Å². The van der Waals surface area contributed by atoms with Gasteiger partial charge in [-0.1, -0.05) is 0 Å². The van der Waals surface area contributed by atoms with Gasteiger partial charge in [-0.2, -0.15) is 0 Å². The third kappa shape index (κ3) is 2.95. The molecule has 1 aliphatic heterocycles. The molecule has 5 nitrogen and oxygen atoms in total. The van der Waals surface area contributed by atoms with Crippen molar-refractivity contribution in [2.24, 2.45) is 5.92 Å². The Morgan fingerprint density at radius 3 is 2.94 bits per heavy atom. The number of hydrogen-bond acceptors (Lipinski definition) is 4. The number of non-ortho nitro benzene ring substituents is 1. The molecule has 0 radical (unpaired) electrons. The molecule has 98 valence electrons. The van der Waals surface area contributed by atoms with E-state index < -0.39 is 10.7 Å². The molecule has 1 unspecified atom stereocenters. The molecule has 1 heterocycles. The van der Waals surface area contributed by atoms with Gasteiger partial charge >= 0.3 is 0 Å². The topological polar surface area (TPSA) is 58.4 Å². The van der Waals surface area contributed by atoms with E-state index in [0.29, 0.717) is 18.2 Å². The molecule has 0 aromatic heterocycles. The van der Waals surface area contributed by atoms with E-state index in [1.54, 1.807) is 0 Å². The number of benzene rings is 1. The molecule has 6 heteroatoms. The molecule has 1 aromatic rings. The second-order valence-electron chi connectivity index (χ2n) is 4.72. The molecule has 1 aliphatic rings. The maximum absolute atomic E-state index is 13.6. The minimum Gasteiger partial charge on any atom is -0.382 e. The van der Waals surface area contributed by atoms with Gasteiger partial charge in [0, 0.05) is 19.2 Å². The molecule has 0 saturated carbocycles. The van der Waals surface area contributed by atoms with Crippen molar-refractivity contribution in [1.29, 1.82) is 0 Å². The zero-order chi connectivity index (χ0) is 13.1. The summed E-state index contributed by atoms with van der Waals surface area (Å²) < 4.78 is 13.6. The van der Waals surface area contributed by atoms with Gasteiger partial charge in [-0.3, -0.25) is 10.1 Å². The third-order valence-corrected chi connectivity index (χ3v) is 3.23. The van der Waals surface area contributed by atoms with E-state index in [1.165, 1.54) is 12.1 Å². The molecule has 0 bridgehead atoms. The number of rotatable bonds is 4. The van der Waals surface area contributed by atoms with Crippen LogP contribution in [-0.2, 0) is 0 Å². The first-order valence-corrected chi connectivity index (χ1v) is 5.92. The molecule has 2 rings (SSSR count). The minimum absolute atomic E-state index is 0.223. The van der Waals surface area contributed by atoms with Crippen molar-refractivity contribution >= 4 is 11.4 Å². The monoisotopic (exact) mass is 253 g/mol. The van der Waals surface area contributed by atoms with Crippen molar-refractivity contribution in [3.63, 3.8) is 0 Å². The summed E-state index contributed by atoms with van der Waals surface area (Å²) in [6, 6.07) is 3.68. The summed E-state index contributed by atoms with van der Waals surface area (Å²) in [4.78, 5) is 12.1. The fourth-order valence-electron chi connectivity index (χ4n) is 2.21. The maximum Gasteiger partial charge on any atom is 0.272 e. The average Bonchev–Trinajstić information content (AvgIpc) is 2.73. The summed E-state index contributed by atoms with van der Waals surface area (Å²) in [6.45, 7) is 2.76. The highest BCUT2D eigenvalue weighted by Crippen LogP contribution is 2.22. The molecule has 0 spiro atoms. The molecule has 1 saturated heterocycles. The lowest BCUT2D eigenvalue weighted by molar-refractivity contribution is -0.385. The summed E-state index contributed by atoms with van der Waals surface area (Å²) in [5, 5.41) is 13.5. The average molecular weight is 253 g/mol. The number of nitrogens with one attached hydrogen (secondary N) is 1. The molecule has 1 atom stereocenters. The smallest absolute Gasteiger partial charge is 0.272 e. The van der Waals surface area contributed by atoms with Gasteiger partial charge in [-0.25, -0.2) is 4.39 Å². The van der Waals surface area contributed by atoms with Crippen LogP contribution >= 0.6 is 0 Å². The van der Waals surface area contributed by atoms with Crippen LogP contribution in [0.3, 0.4) is 0 Å². The van der Waals surface area contributed by atoms with Gasteiger partial charge in [0.15, 0.2) is 5.82 Å². The number of nitro groups is 1. The normalized spacial score (nSPS) is 20.0. The predicted octanol–water partition coefficient (Wildman–Crippen LogP) is 2.10. The Morgan fingerprint density at radius 2 is 2.39 bits per heavy atom. The van der Waals surface area contributed by atoms with Gasteiger partial charge in [-0.15, -0.1) is 0 Å². The zero-order valence-electron chi connectivity index (χ0n) is 10.2. The molecular weight excluding hydrogens is 237 g/mol. The molecule has 1 fully saturated rings. The lowest BCUT2D eigenvalue weighted by atomic mass is 10.1. The van der Waals surface area contributed by atoms with E-state index in [2.05, 4.69) is 17.3 Å². The number of nitrogens with zero attached hydrogens (tertiary/aromatic N) is 2. The number of halogens is 1. The van der Waals surface area contributed by atoms with Gasteiger partial charge in [0.1, 0.15) is 0 Å². The van der Waals surface area contributed by atoms with Crippen LogP contribution in [-0.4, -0.2) is 36.5 Å². The Balaban J connectivity index is 1.95. The summed E-state index contributed by atoms with van der Waals surface area (Å²) in [6.07, 6.45) is 1.10. The Kier molecular flexibility index (Phi) is 3.76. The molecule has 1 N–H and O–H groups in total. The highest BCUT2D eigenvalue weighted by Gasteiger charge is 2.19. The molecule has 1 aromatic carbocycles. The highest BCUT2D eigenvalue weighted by atomic mass is 19.1. The third-order valence-electron chi connectivity index (χ3n) is 3.23. The van der Waals surface area contributed by atoms with Gasteiger partial charge in [0.05, 0.1) is 16.7 Å². The van der Waals surface area contributed by atoms with Gasteiger partial charge in [0.2, 0.25) is 0 Å². The summed E-state index contributed by atoms with van der Waals surface area (Å²) in [5.74, 6) is -0.0693. The molecule has 18 heavy (non-hydrogen) atoms. The lowest BCUT2D eigenvalue weighted by Crippen LogP contribution is -2.19. The number of anilines is 1. The highest BCUT2D eigenvalue weighted by molar-refractivity contribution is 5.50. The van der Waals surface area contributed by atoms with Crippen LogP contribution in [0.5, 0.6) is 0 Å². The van der Waals surface area contributed by atoms with Gasteiger partial charge < -0.3 is 10.2 Å². The first-order valence-electron chi connectivity index (χ1n) is 5.92. The summed E-state index contributed by atoms with van der Waals surface area (Å²) in [5.41, 5.74) is 0.105. The quantitative estimate of drug-likeness (QED) is 0.659. The zero-order valence-corrected chi connectivity index (χ0v) is 10.2. The van der Waals surface area contributed by atoms with Crippen LogP contribution in [0.25, 0.3) is 0 Å². The van der Waals surface area contributed by atoms with Crippen LogP contribution in [0, 0.1) is 21.8 Å². The Labute approximate surface area is 105 Å². The fourth-order valence-corrected chi connectivity index (χ4v) is 2.21. The molecule has 0 aliphatic carbocycles. The summed E-state index contributed by atoms with van der Waals surface area (Å²) in [7, 11) is 2.06. The van der Waals surface area contributed by atoms with Gasteiger partial charge in [0.25, 0.3) is 5.69 Å². The van der Waals surface area contributed by atoms with Crippen molar-refractivity contribution in [2.45, 2.75) is 6.42 Å². The summed E-state index contributed by atoms with van der Waals surface area (Å²) >= 11 is 0. The van der Waals surface area contributed by atoms with Crippen molar-refractivity contribution in [2.75, 3.05) is 32.0 Å². The largest absolute Gasteiger partial charge is 0.382 e.